The van der Waals surface area contributed by atoms with Crippen LogP contribution in [0.15, 0.2) is 36.7 Å². The van der Waals surface area contributed by atoms with Crippen LogP contribution >= 0.6 is 0 Å². The molecule has 6 nitrogen and oxygen atoms in total. The SMILES string of the molecule is CC(C(=O)O)c1ccc(CNCCn2ccnn2)cc1. The number of carboxylic acids is 1. The summed E-state index contributed by atoms with van der Waals surface area (Å²) < 4.78 is 1.77. The molecule has 0 bridgehead atoms. The highest BCUT2D eigenvalue weighted by atomic mass is 16.4. The van der Waals surface area contributed by atoms with Gasteiger partial charge < -0.3 is 10.4 Å². The third-order valence-electron chi connectivity index (χ3n) is 3.17. The van der Waals surface area contributed by atoms with Gasteiger partial charge in [-0.1, -0.05) is 29.5 Å². The number of aromatic nitrogens is 3. The maximum Gasteiger partial charge on any atom is 0.310 e. The number of hydrogen-bond acceptors (Lipinski definition) is 4. The molecule has 0 saturated carbocycles. The first-order valence-electron chi connectivity index (χ1n) is 6.53. The predicted molar refractivity (Wildman–Crippen MR) is 74.2 cm³/mol. The zero-order valence-electron chi connectivity index (χ0n) is 11.4. The van der Waals surface area contributed by atoms with E-state index in [1.165, 1.54) is 0 Å². The van der Waals surface area contributed by atoms with E-state index in [0.717, 1.165) is 30.8 Å². The number of nitrogens with one attached hydrogen (secondary N) is 1. The van der Waals surface area contributed by atoms with E-state index in [0.29, 0.717) is 0 Å². The average molecular weight is 274 g/mol. The van der Waals surface area contributed by atoms with Gasteiger partial charge in [0.15, 0.2) is 0 Å². The molecule has 106 valence electrons. The van der Waals surface area contributed by atoms with Gasteiger partial charge in [-0.15, -0.1) is 5.10 Å². The molecule has 0 saturated heterocycles. The minimum Gasteiger partial charge on any atom is -0.481 e. The summed E-state index contributed by atoms with van der Waals surface area (Å²) in [5.74, 6) is -1.27. The van der Waals surface area contributed by atoms with Crippen molar-refractivity contribution in [3.63, 3.8) is 0 Å². The molecule has 1 unspecified atom stereocenters. The second-order valence-corrected chi connectivity index (χ2v) is 4.64. The number of nitrogens with zero attached hydrogens (tertiary/aromatic N) is 3. The van der Waals surface area contributed by atoms with Gasteiger partial charge in [-0.3, -0.25) is 9.48 Å². The molecule has 0 aliphatic carbocycles. The maximum atomic E-state index is 10.9. The molecule has 0 amide bonds. The first-order chi connectivity index (χ1) is 9.66. The minimum absolute atomic E-state index is 0.468. The fourth-order valence-electron chi connectivity index (χ4n) is 1.85. The molecule has 20 heavy (non-hydrogen) atoms. The van der Waals surface area contributed by atoms with Crippen LogP contribution in [-0.2, 0) is 17.9 Å². The van der Waals surface area contributed by atoms with E-state index in [-0.39, 0.29) is 0 Å². The molecule has 0 radical (unpaired) electrons. The largest absolute Gasteiger partial charge is 0.481 e. The smallest absolute Gasteiger partial charge is 0.310 e. The Morgan fingerprint density at radius 2 is 2.15 bits per heavy atom. The summed E-state index contributed by atoms with van der Waals surface area (Å²) in [6.07, 6.45) is 3.48. The fourth-order valence-corrected chi connectivity index (χ4v) is 1.85. The van der Waals surface area contributed by atoms with Gasteiger partial charge in [0, 0.05) is 19.3 Å². The van der Waals surface area contributed by atoms with Gasteiger partial charge in [0.25, 0.3) is 0 Å². The topological polar surface area (TPSA) is 80.0 Å². The molecule has 1 heterocycles. The highest BCUT2D eigenvalue weighted by Gasteiger charge is 2.12. The van der Waals surface area contributed by atoms with Crippen LogP contribution in [0.2, 0.25) is 0 Å². The van der Waals surface area contributed by atoms with Crippen molar-refractivity contribution in [2.24, 2.45) is 0 Å². The summed E-state index contributed by atoms with van der Waals surface area (Å²) in [5, 5.41) is 19.9. The highest BCUT2D eigenvalue weighted by Crippen LogP contribution is 2.15. The summed E-state index contributed by atoms with van der Waals surface area (Å²) in [7, 11) is 0. The van der Waals surface area contributed by atoms with Crippen molar-refractivity contribution in [1.29, 1.82) is 0 Å². The molecule has 2 rings (SSSR count). The Labute approximate surface area is 117 Å². The Bertz CT molecular complexity index is 537. The van der Waals surface area contributed by atoms with Crippen LogP contribution in [0.25, 0.3) is 0 Å². The molecule has 0 aliphatic rings. The van der Waals surface area contributed by atoms with Crippen molar-refractivity contribution >= 4 is 5.97 Å². The lowest BCUT2D eigenvalue weighted by atomic mass is 10.0. The number of rotatable bonds is 7. The lowest BCUT2D eigenvalue weighted by molar-refractivity contribution is -0.138. The second kappa shape index (κ2) is 6.81. The van der Waals surface area contributed by atoms with Gasteiger partial charge in [-0.25, -0.2) is 0 Å². The molecular formula is C14H18N4O2. The molecule has 0 aliphatic heterocycles. The van der Waals surface area contributed by atoms with Crippen molar-refractivity contribution in [3.05, 3.63) is 47.8 Å². The van der Waals surface area contributed by atoms with E-state index in [4.69, 9.17) is 5.11 Å². The molecule has 0 fully saturated rings. The van der Waals surface area contributed by atoms with Crippen LogP contribution in [-0.4, -0.2) is 32.6 Å². The molecule has 2 aromatic rings. The standard InChI is InChI=1S/C14H18N4O2/c1-11(14(19)20)13-4-2-12(3-5-13)10-15-6-8-18-9-7-16-17-18/h2-5,7,9,11,15H,6,8,10H2,1H3,(H,19,20). The van der Waals surface area contributed by atoms with Crippen LogP contribution in [0.1, 0.15) is 24.0 Å². The predicted octanol–water partition coefficient (Wildman–Crippen LogP) is 1.26. The van der Waals surface area contributed by atoms with Crippen molar-refractivity contribution in [2.45, 2.75) is 25.9 Å². The minimum atomic E-state index is -0.802. The Kier molecular flexibility index (Phi) is 4.84. The Morgan fingerprint density at radius 3 is 2.75 bits per heavy atom. The number of benzene rings is 1. The van der Waals surface area contributed by atoms with E-state index < -0.39 is 11.9 Å². The average Bonchev–Trinajstić information content (AvgIpc) is 2.96. The molecule has 6 heteroatoms. The first-order valence-corrected chi connectivity index (χ1v) is 6.53. The van der Waals surface area contributed by atoms with E-state index in [2.05, 4.69) is 15.6 Å². The molecule has 1 atom stereocenters. The molecule has 1 aromatic carbocycles. The van der Waals surface area contributed by atoms with E-state index in [9.17, 15) is 4.79 Å². The Morgan fingerprint density at radius 1 is 1.40 bits per heavy atom. The molecular weight excluding hydrogens is 256 g/mol. The lowest BCUT2D eigenvalue weighted by Crippen LogP contribution is -2.19. The van der Waals surface area contributed by atoms with Crippen molar-refractivity contribution in [3.8, 4) is 0 Å². The number of aliphatic carboxylic acids is 1. The summed E-state index contributed by atoms with van der Waals surface area (Å²) in [6.45, 7) is 4.01. The van der Waals surface area contributed by atoms with Crippen LogP contribution in [0.4, 0.5) is 0 Å². The van der Waals surface area contributed by atoms with Gasteiger partial charge in [0.2, 0.25) is 0 Å². The normalized spacial score (nSPS) is 12.2. The van der Waals surface area contributed by atoms with E-state index in [1.807, 2.05) is 30.5 Å². The summed E-state index contributed by atoms with van der Waals surface area (Å²) in [6, 6.07) is 7.65. The highest BCUT2D eigenvalue weighted by molar-refractivity contribution is 5.75. The molecule has 0 spiro atoms. The Hall–Kier alpha value is -2.21. The van der Waals surface area contributed by atoms with Gasteiger partial charge in [0.1, 0.15) is 0 Å². The Balaban J connectivity index is 1.77. The first kappa shape index (κ1) is 14.2. The van der Waals surface area contributed by atoms with Gasteiger partial charge in [0.05, 0.1) is 18.7 Å². The van der Waals surface area contributed by atoms with E-state index in [1.54, 1.807) is 17.8 Å². The van der Waals surface area contributed by atoms with Crippen LogP contribution in [0, 0.1) is 0 Å². The zero-order chi connectivity index (χ0) is 14.4. The summed E-state index contributed by atoms with van der Waals surface area (Å²) in [5.41, 5.74) is 1.95. The van der Waals surface area contributed by atoms with Crippen LogP contribution in [0.5, 0.6) is 0 Å². The number of carboxylic acid groups (broad SMARTS) is 1. The third-order valence-corrected chi connectivity index (χ3v) is 3.17. The van der Waals surface area contributed by atoms with Gasteiger partial charge >= 0.3 is 5.97 Å². The third kappa shape index (κ3) is 3.89. The number of hydrogen-bond donors (Lipinski definition) is 2. The van der Waals surface area contributed by atoms with Crippen LogP contribution < -0.4 is 5.32 Å². The van der Waals surface area contributed by atoms with Crippen LogP contribution in [0.3, 0.4) is 0 Å². The zero-order valence-corrected chi connectivity index (χ0v) is 11.4. The van der Waals surface area contributed by atoms with Gasteiger partial charge in [-0.05, 0) is 18.1 Å². The quantitative estimate of drug-likeness (QED) is 0.743. The van der Waals surface area contributed by atoms with E-state index >= 15 is 0 Å². The van der Waals surface area contributed by atoms with Gasteiger partial charge in [-0.2, -0.15) is 0 Å². The lowest BCUT2D eigenvalue weighted by Gasteiger charge is -2.08. The second-order valence-electron chi connectivity index (χ2n) is 4.64. The monoisotopic (exact) mass is 274 g/mol. The van der Waals surface area contributed by atoms with Crippen molar-refractivity contribution < 1.29 is 9.90 Å². The maximum absolute atomic E-state index is 10.9. The van der Waals surface area contributed by atoms with Crippen molar-refractivity contribution in [1.82, 2.24) is 20.3 Å². The summed E-state index contributed by atoms with van der Waals surface area (Å²) >= 11 is 0. The fraction of sp³-hybridized carbons (Fsp3) is 0.357. The number of carbonyl (C=O) groups is 1. The molecule has 1 aromatic heterocycles. The molecule has 2 N–H and O–H groups in total. The van der Waals surface area contributed by atoms with Crippen molar-refractivity contribution in [2.75, 3.05) is 6.54 Å². The summed E-state index contributed by atoms with van der Waals surface area (Å²) in [4.78, 5) is 10.9.